The van der Waals surface area contributed by atoms with Gasteiger partial charge in [-0.2, -0.15) is 0 Å². The van der Waals surface area contributed by atoms with Crippen molar-refractivity contribution in [3.63, 3.8) is 0 Å². The van der Waals surface area contributed by atoms with Gasteiger partial charge in [-0.05, 0) is 31.2 Å². The van der Waals surface area contributed by atoms with Gasteiger partial charge in [-0.25, -0.2) is 9.78 Å². The smallest absolute Gasteiger partial charge is 0.321 e. The number of thiazole rings is 1. The molecule has 2 amide bonds. The first kappa shape index (κ1) is 14.9. The minimum atomic E-state index is -0.194. The zero-order valence-electron chi connectivity index (χ0n) is 11.3. The Kier molecular flexibility index (Phi) is 5.88. The van der Waals surface area contributed by atoms with Gasteiger partial charge in [-0.1, -0.05) is 17.7 Å². The van der Waals surface area contributed by atoms with E-state index < -0.39 is 0 Å². The van der Waals surface area contributed by atoms with E-state index in [9.17, 15) is 4.79 Å². The van der Waals surface area contributed by atoms with Crippen LogP contribution >= 0.6 is 23.1 Å². The number of urea groups is 1. The van der Waals surface area contributed by atoms with Crippen molar-refractivity contribution in [3.8, 4) is 0 Å². The van der Waals surface area contributed by atoms with Crippen molar-refractivity contribution < 1.29 is 4.79 Å². The quantitative estimate of drug-likeness (QED) is 0.631. The highest BCUT2D eigenvalue weighted by atomic mass is 32.2. The van der Waals surface area contributed by atoms with Gasteiger partial charge in [0, 0.05) is 23.0 Å². The van der Waals surface area contributed by atoms with Crippen LogP contribution in [0.5, 0.6) is 0 Å². The molecule has 0 atom stereocenters. The average Bonchev–Trinajstić information content (AvgIpc) is 2.93. The predicted octanol–water partition coefficient (Wildman–Crippen LogP) is 3.76. The van der Waals surface area contributed by atoms with Gasteiger partial charge in [-0.15, -0.1) is 23.1 Å². The molecule has 1 aromatic carbocycles. The molecule has 2 N–H and O–H groups in total. The highest BCUT2D eigenvalue weighted by molar-refractivity contribution is 7.99. The highest BCUT2D eigenvalue weighted by Gasteiger charge is 2.02. The molecule has 0 radical (unpaired) electrons. The molecule has 6 heteroatoms. The van der Waals surface area contributed by atoms with Gasteiger partial charge >= 0.3 is 6.03 Å². The first-order valence-electron chi connectivity index (χ1n) is 6.38. The lowest BCUT2D eigenvalue weighted by Crippen LogP contribution is -2.29. The van der Waals surface area contributed by atoms with Gasteiger partial charge in [0.25, 0.3) is 0 Å². The minimum Gasteiger partial charge on any atom is -0.338 e. The normalized spacial score (nSPS) is 10.2. The van der Waals surface area contributed by atoms with Gasteiger partial charge in [0.1, 0.15) is 0 Å². The zero-order valence-corrected chi connectivity index (χ0v) is 12.9. The molecule has 0 bridgehead atoms. The van der Waals surface area contributed by atoms with E-state index in [1.807, 2.05) is 5.38 Å². The first-order chi connectivity index (χ1) is 9.74. The first-order valence-corrected chi connectivity index (χ1v) is 8.24. The lowest BCUT2D eigenvalue weighted by atomic mass is 10.2. The largest absolute Gasteiger partial charge is 0.338 e. The third kappa shape index (κ3) is 5.22. The summed E-state index contributed by atoms with van der Waals surface area (Å²) in [6, 6.07) is 8.29. The number of carbonyl (C=O) groups is 1. The van der Waals surface area contributed by atoms with Crippen molar-refractivity contribution >= 4 is 34.3 Å². The topological polar surface area (TPSA) is 54.0 Å². The van der Waals surface area contributed by atoms with Crippen LogP contribution in [0.3, 0.4) is 0 Å². The molecule has 4 nitrogen and oxygen atoms in total. The van der Waals surface area contributed by atoms with E-state index in [1.165, 1.54) is 21.8 Å². The van der Waals surface area contributed by atoms with E-state index >= 15 is 0 Å². The molecular weight excluding hydrogens is 290 g/mol. The summed E-state index contributed by atoms with van der Waals surface area (Å²) in [5, 5.41) is 7.96. The monoisotopic (exact) mass is 307 g/mol. The summed E-state index contributed by atoms with van der Waals surface area (Å²) in [4.78, 5) is 16.8. The molecule has 0 saturated carbocycles. The van der Waals surface area contributed by atoms with Crippen LogP contribution in [0.25, 0.3) is 0 Å². The van der Waals surface area contributed by atoms with Gasteiger partial charge in [0.15, 0.2) is 5.13 Å². The van der Waals surface area contributed by atoms with E-state index in [0.29, 0.717) is 11.7 Å². The molecule has 0 saturated heterocycles. The molecule has 0 aliphatic heterocycles. The lowest BCUT2D eigenvalue weighted by Gasteiger charge is -2.05. The maximum atomic E-state index is 11.5. The lowest BCUT2D eigenvalue weighted by molar-refractivity contribution is 0.252. The van der Waals surface area contributed by atoms with Crippen LogP contribution in [0.15, 0.2) is 40.7 Å². The van der Waals surface area contributed by atoms with Crippen LogP contribution < -0.4 is 10.6 Å². The molecule has 0 unspecified atom stereocenters. The fourth-order valence-corrected chi connectivity index (χ4v) is 2.90. The number of nitrogens with zero attached hydrogens (tertiary/aromatic N) is 1. The Morgan fingerprint density at radius 3 is 2.85 bits per heavy atom. The molecule has 2 aromatic rings. The summed E-state index contributed by atoms with van der Waals surface area (Å²) in [6.07, 6.45) is 2.60. The molecule has 0 fully saturated rings. The van der Waals surface area contributed by atoms with E-state index in [0.717, 1.165) is 12.2 Å². The summed E-state index contributed by atoms with van der Waals surface area (Å²) in [6.45, 7) is 2.75. The summed E-state index contributed by atoms with van der Waals surface area (Å²) in [5.41, 5.74) is 1.27. The average molecular weight is 307 g/mol. The van der Waals surface area contributed by atoms with Crippen LogP contribution in [0.4, 0.5) is 9.93 Å². The Morgan fingerprint density at radius 2 is 2.15 bits per heavy atom. The molecule has 0 spiro atoms. The van der Waals surface area contributed by atoms with Crippen molar-refractivity contribution in [2.75, 3.05) is 17.6 Å². The van der Waals surface area contributed by atoms with E-state index in [2.05, 4.69) is 46.8 Å². The fourth-order valence-electron chi connectivity index (χ4n) is 1.53. The third-order valence-electron chi connectivity index (χ3n) is 2.55. The van der Waals surface area contributed by atoms with Gasteiger partial charge in [0.05, 0.1) is 0 Å². The molecule has 0 aliphatic rings. The molecule has 2 rings (SSSR count). The third-order valence-corrected chi connectivity index (χ3v) is 4.34. The number of anilines is 1. The predicted molar refractivity (Wildman–Crippen MR) is 85.7 cm³/mol. The fraction of sp³-hybridized carbons (Fsp3) is 0.286. The number of thioether (sulfide) groups is 1. The van der Waals surface area contributed by atoms with Gasteiger partial charge < -0.3 is 5.32 Å². The number of amides is 2. The second kappa shape index (κ2) is 7.91. The zero-order chi connectivity index (χ0) is 14.2. The maximum absolute atomic E-state index is 11.5. The minimum absolute atomic E-state index is 0.194. The molecular formula is C14H17N3OS2. The SMILES string of the molecule is Cc1ccc(SCCCNC(=O)Nc2nccs2)cc1. The van der Waals surface area contributed by atoms with Gasteiger partial charge in [-0.3, -0.25) is 5.32 Å². The van der Waals surface area contributed by atoms with E-state index in [1.54, 1.807) is 18.0 Å². The Balaban J connectivity index is 1.57. The van der Waals surface area contributed by atoms with E-state index in [4.69, 9.17) is 0 Å². The van der Waals surface area contributed by atoms with Crippen LogP contribution in [0.2, 0.25) is 0 Å². The number of nitrogens with one attached hydrogen (secondary N) is 2. The number of aryl methyl sites for hydroxylation is 1. The Hall–Kier alpha value is -1.53. The number of hydrogen-bond acceptors (Lipinski definition) is 4. The van der Waals surface area contributed by atoms with Crippen molar-refractivity contribution in [2.24, 2.45) is 0 Å². The molecule has 0 aliphatic carbocycles. The number of hydrogen-bond donors (Lipinski definition) is 2. The van der Waals surface area contributed by atoms with Crippen LogP contribution in [0, 0.1) is 6.92 Å². The number of benzene rings is 1. The van der Waals surface area contributed by atoms with Crippen LogP contribution in [-0.4, -0.2) is 23.3 Å². The second-order valence-corrected chi connectivity index (χ2v) is 6.30. The highest BCUT2D eigenvalue weighted by Crippen LogP contribution is 2.18. The molecule has 20 heavy (non-hydrogen) atoms. The molecule has 106 valence electrons. The molecule has 1 aromatic heterocycles. The Labute approximate surface area is 127 Å². The second-order valence-electron chi connectivity index (χ2n) is 4.23. The van der Waals surface area contributed by atoms with E-state index in [-0.39, 0.29) is 6.03 Å². The van der Waals surface area contributed by atoms with Crippen LogP contribution in [-0.2, 0) is 0 Å². The van der Waals surface area contributed by atoms with Crippen LogP contribution in [0.1, 0.15) is 12.0 Å². The summed E-state index contributed by atoms with van der Waals surface area (Å²) in [5.74, 6) is 0.987. The van der Waals surface area contributed by atoms with Crippen molar-refractivity contribution in [2.45, 2.75) is 18.2 Å². The number of carbonyl (C=O) groups excluding carboxylic acids is 1. The summed E-state index contributed by atoms with van der Waals surface area (Å²) < 4.78 is 0. The molecule has 1 heterocycles. The van der Waals surface area contributed by atoms with Gasteiger partial charge in [0.2, 0.25) is 0 Å². The van der Waals surface area contributed by atoms with Crippen molar-refractivity contribution in [1.29, 1.82) is 0 Å². The number of aromatic nitrogens is 1. The Bertz CT molecular complexity index is 526. The maximum Gasteiger partial charge on any atom is 0.321 e. The van der Waals surface area contributed by atoms with Crippen molar-refractivity contribution in [1.82, 2.24) is 10.3 Å². The number of rotatable bonds is 6. The van der Waals surface area contributed by atoms with Crippen molar-refractivity contribution in [3.05, 3.63) is 41.4 Å². The standard InChI is InChI=1S/C14H17N3OS2/c1-11-3-5-12(6-4-11)19-9-2-7-15-13(18)17-14-16-8-10-20-14/h3-6,8,10H,2,7,9H2,1H3,(H2,15,16,17,18). The Morgan fingerprint density at radius 1 is 1.35 bits per heavy atom. The summed E-state index contributed by atoms with van der Waals surface area (Å²) in [7, 11) is 0. The summed E-state index contributed by atoms with van der Waals surface area (Å²) >= 11 is 3.21.